The number of aryl methyl sites for hydroxylation is 2. The Balaban J connectivity index is 1.57. The van der Waals surface area contributed by atoms with Gasteiger partial charge in [0.05, 0.1) is 11.0 Å². The van der Waals surface area contributed by atoms with E-state index in [9.17, 15) is 4.79 Å². The third-order valence-corrected chi connectivity index (χ3v) is 5.63. The third-order valence-electron chi connectivity index (χ3n) is 4.62. The number of rotatable bonds is 6. The first kappa shape index (κ1) is 19.3. The maximum atomic E-state index is 13.0. The van der Waals surface area contributed by atoms with Crippen molar-refractivity contribution in [2.45, 2.75) is 24.8 Å². The number of nitrogens with zero attached hydrogens (tertiary/aromatic N) is 2. The zero-order valence-corrected chi connectivity index (χ0v) is 17.3. The zero-order valence-electron chi connectivity index (χ0n) is 16.5. The van der Waals surface area contributed by atoms with Crippen LogP contribution in [0.25, 0.3) is 11.0 Å². The van der Waals surface area contributed by atoms with Gasteiger partial charge in [0, 0.05) is 5.75 Å². The van der Waals surface area contributed by atoms with E-state index in [1.165, 1.54) is 11.1 Å². The molecule has 1 aromatic heterocycles. The summed E-state index contributed by atoms with van der Waals surface area (Å²) in [6, 6.07) is 23.8. The Morgan fingerprint density at radius 1 is 0.966 bits per heavy atom. The largest absolute Gasteiger partial charge is 0.484 e. The molecule has 0 unspecified atom stereocenters. The van der Waals surface area contributed by atoms with Crippen molar-refractivity contribution in [3.8, 4) is 5.75 Å². The molecule has 3 aromatic carbocycles. The first-order valence-electron chi connectivity index (χ1n) is 9.48. The highest BCUT2D eigenvalue weighted by molar-refractivity contribution is 7.98. The summed E-state index contributed by atoms with van der Waals surface area (Å²) in [4.78, 5) is 17.7. The van der Waals surface area contributed by atoms with E-state index in [1.54, 1.807) is 16.3 Å². The molecule has 146 valence electrons. The van der Waals surface area contributed by atoms with Crippen molar-refractivity contribution < 1.29 is 9.53 Å². The molecule has 0 saturated carbocycles. The molecule has 0 fully saturated rings. The smallest absolute Gasteiger partial charge is 0.271 e. The van der Waals surface area contributed by atoms with E-state index in [-0.39, 0.29) is 12.5 Å². The molecule has 0 aliphatic carbocycles. The number of carbonyl (C=O) groups is 1. The molecule has 4 nitrogen and oxygen atoms in total. The Labute approximate surface area is 174 Å². The molecular formula is C24H22N2O2S. The van der Waals surface area contributed by atoms with E-state index < -0.39 is 0 Å². The lowest BCUT2D eigenvalue weighted by atomic mass is 10.2. The van der Waals surface area contributed by atoms with Crippen molar-refractivity contribution in [3.05, 3.63) is 89.5 Å². The van der Waals surface area contributed by atoms with E-state index in [2.05, 4.69) is 36.2 Å². The van der Waals surface area contributed by atoms with Crippen LogP contribution in [0.3, 0.4) is 0 Å². The Hall–Kier alpha value is -3.05. The molecular weight excluding hydrogens is 380 g/mol. The molecule has 0 amide bonds. The fourth-order valence-corrected chi connectivity index (χ4v) is 4.07. The average Bonchev–Trinajstić information content (AvgIpc) is 3.10. The number of ether oxygens (including phenoxy) is 1. The highest BCUT2D eigenvalue weighted by atomic mass is 32.2. The molecule has 5 heteroatoms. The molecule has 4 rings (SSSR count). The second kappa shape index (κ2) is 8.53. The highest BCUT2D eigenvalue weighted by Crippen LogP contribution is 2.27. The van der Waals surface area contributed by atoms with E-state index in [4.69, 9.17) is 4.74 Å². The van der Waals surface area contributed by atoms with Gasteiger partial charge in [0.1, 0.15) is 5.75 Å². The van der Waals surface area contributed by atoms with E-state index >= 15 is 0 Å². The summed E-state index contributed by atoms with van der Waals surface area (Å²) in [5, 5.41) is 0.685. The summed E-state index contributed by atoms with van der Waals surface area (Å²) in [5.41, 5.74) is 5.13. The molecule has 0 aliphatic heterocycles. The number of benzene rings is 3. The van der Waals surface area contributed by atoms with E-state index in [1.807, 2.05) is 55.5 Å². The maximum absolute atomic E-state index is 13.0. The predicted molar refractivity (Wildman–Crippen MR) is 118 cm³/mol. The maximum Gasteiger partial charge on any atom is 0.271 e. The van der Waals surface area contributed by atoms with Crippen LogP contribution in [0.2, 0.25) is 0 Å². The lowest BCUT2D eigenvalue weighted by Gasteiger charge is -2.10. The second-order valence-corrected chi connectivity index (χ2v) is 7.93. The van der Waals surface area contributed by atoms with Gasteiger partial charge >= 0.3 is 0 Å². The molecule has 0 saturated heterocycles. The summed E-state index contributed by atoms with van der Waals surface area (Å²) in [6.45, 7) is 4.03. The first-order valence-corrected chi connectivity index (χ1v) is 10.5. The third kappa shape index (κ3) is 4.51. The lowest BCUT2D eigenvalue weighted by molar-refractivity contribution is 0.0832. The topological polar surface area (TPSA) is 44.1 Å². The van der Waals surface area contributed by atoms with Gasteiger partial charge in [0.15, 0.2) is 11.8 Å². The number of fused-ring (bicyclic) bond motifs is 1. The Morgan fingerprint density at radius 2 is 1.76 bits per heavy atom. The Morgan fingerprint density at radius 3 is 2.55 bits per heavy atom. The number of aromatic nitrogens is 2. The summed E-state index contributed by atoms with van der Waals surface area (Å²) in [5.74, 6) is 1.30. The van der Waals surface area contributed by atoms with Gasteiger partial charge in [-0.1, -0.05) is 65.9 Å². The van der Waals surface area contributed by atoms with Crippen LogP contribution in [0, 0.1) is 13.8 Å². The van der Waals surface area contributed by atoms with Gasteiger partial charge in [-0.25, -0.2) is 4.98 Å². The van der Waals surface area contributed by atoms with Gasteiger partial charge in [-0.3, -0.25) is 9.36 Å². The minimum atomic E-state index is -0.133. The van der Waals surface area contributed by atoms with E-state index in [0.717, 1.165) is 22.3 Å². The first-order chi connectivity index (χ1) is 14.1. The van der Waals surface area contributed by atoms with E-state index in [0.29, 0.717) is 10.9 Å². The number of hydrogen-bond donors (Lipinski definition) is 0. The summed E-state index contributed by atoms with van der Waals surface area (Å²) < 4.78 is 7.42. The fourth-order valence-electron chi connectivity index (χ4n) is 3.09. The van der Waals surface area contributed by atoms with Crippen molar-refractivity contribution in [3.63, 3.8) is 0 Å². The summed E-state index contributed by atoms with van der Waals surface area (Å²) >= 11 is 1.56. The SMILES string of the molecule is Cc1ccc(CSc2nc3ccccc3n2C(=O)COc2cccc(C)c2)cc1. The van der Waals surface area contributed by atoms with Crippen LogP contribution in [-0.4, -0.2) is 22.1 Å². The quantitative estimate of drug-likeness (QED) is 0.390. The molecule has 0 radical (unpaired) electrons. The molecule has 0 spiro atoms. The number of carbonyl (C=O) groups excluding carboxylic acids is 1. The Kier molecular flexibility index (Phi) is 5.67. The van der Waals surface area contributed by atoms with Crippen LogP contribution in [-0.2, 0) is 5.75 Å². The highest BCUT2D eigenvalue weighted by Gasteiger charge is 2.18. The molecule has 0 aliphatic rings. The summed E-state index contributed by atoms with van der Waals surface area (Å²) in [6.07, 6.45) is 0. The van der Waals surface area contributed by atoms with Gasteiger partial charge in [0.2, 0.25) is 0 Å². The second-order valence-electron chi connectivity index (χ2n) is 6.99. The Bertz CT molecular complexity index is 1150. The number of para-hydroxylation sites is 2. The minimum Gasteiger partial charge on any atom is -0.484 e. The van der Waals surface area contributed by atoms with Gasteiger partial charge in [-0.2, -0.15) is 0 Å². The van der Waals surface area contributed by atoms with Gasteiger partial charge in [-0.05, 0) is 49.2 Å². The monoisotopic (exact) mass is 402 g/mol. The van der Waals surface area contributed by atoms with Crippen molar-refractivity contribution in [2.24, 2.45) is 0 Å². The van der Waals surface area contributed by atoms with Crippen molar-refractivity contribution >= 4 is 28.7 Å². The molecule has 0 bridgehead atoms. The molecule has 0 atom stereocenters. The van der Waals surface area contributed by atoms with Crippen molar-refractivity contribution in [2.75, 3.05) is 6.61 Å². The van der Waals surface area contributed by atoms with Crippen LogP contribution in [0.15, 0.2) is 78.0 Å². The zero-order chi connectivity index (χ0) is 20.2. The molecule has 29 heavy (non-hydrogen) atoms. The fraction of sp³-hybridized carbons (Fsp3) is 0.167. The normalized spacial score (nSPS) is 11.0. The number of thioether (sulfide) groups is 1. The van der Waals surface area contributed by atoms with Gasteiger partial charge in [-0.15, -0.1) is 0 Å². The standard InChI is InChI=1S/C24H22N2O2S/c1-17-10-12-19(13-11-17)16-29-24-25-21-8-3-4-9-22(21)26(24)23(27)15-28-20-7-5-6-18(2)14-20/h3-14H,15-16H2,1-2H3. The van der Waals surface area contributed by atoms with Gasteiger partial charge in [0.25, 0.3) is 5.91 Å². The minimum absolute atomic E-state index is 0.0398. The summed E-state index contributed by atoms with van der Waals surface area (Å²) in [7, 11) is 0. The van der Waals surface area contributed by atoms with Gasteiger partial charge < -0.3 is 4.74 Å². The lowest BCUT2D eigenvalue weighted by Crippen LogP contribution is -2.20. The van der Waals surface area contributed by atoms with Crippen LogP contribution >= 0.6 is 11.8 Å². The van der Waals surface area contributed by atoms with Crippen LogP contribution in [0.4, 0.5) is 0 Å². The average molecular weight is 403 g/mol. The predicted octanol–water partition coefficient (Wildman–Crippen LogP) is 5.66. The van der Waals surface area contributed by atoms with Crippen LogP contribution in [0.1, 0.15) is 21.5 Å². The van der Waals surface area contributed by atoms with Crippen LogP contribution < -0.4 is 4.74 Å². The molecule has 1 heterocycles. The molecule has 0 N–H and O–H groups in total. The van der Waals surface area contributed by atoms with Crippen molar-refractivity contribution in [1.29, 1.82) is 0 Å². The number of hydrogen-bond acceptors (Lipinski definition) is 4. The number of imidazole rings is 1. The molecule has 4 aromatic rings. The van der Waals surface area contributed by atoms with Crippen LogP contribution in [0.5, 0.6) is 5.75 Å². The van der Waals surface area contributed by atoms with Crippen molar-refractivity contribution in [1.82, 2.24) is 9.55 Å².